The maximum atomic E-state index is 12.0. The van der Waals surface area contributed by atoms with E-state index in [9.17, 15) is 13.2 Å². The number of benzene rings is 1. The molecule has 0 aliphatic rings. The number of hydrogen-bond donors (Lipinski definition) is 0. The normalized spacial score (nSPS) is 13.6. The molecule has 1 unspecified atom stereocenters. The van der Waals surface area contributed by atoms with Gasteiger partial charge < -0.3 is 0 Å². The molecule has 0 aliphatic heterocycles. The van der Waals surface area contributed by atoms with Crippen LogP contribution in [0.1, 0.15) is 31.1 Å². The molecule has 17 heavy (non-hydrogen) atoms. The standard InChI is InChI=1S/C13H18O3S/c1-10(2)9-17(15,16)11(3)13(14)12-7-5-4-6-8-12/h4-8,10-11H,9H2,1-3H3. The number of carbonyl (C=O) groups excluding carboxylic acids is 1. The molecule has 0 saturated heterocycles. The smallest absolute Gasteiger partial charge is 0.180 e. The van der Waals surface area contributed by atoms with Gasteiger partial charge in [-0.25, -0.2) is 8.42 Å². The maximum Gasteiger partial charge on any atom is 0.180 e. The Morgan fingerprint density at radius 2 is 1.65 bits per heavy atom. The zero-order valence-corrected chi connectivity index (χ0v) is 11.2. The van der Waals surface area contributed by atoms with Crippen LogP contribution in [0, 0.1) is 5.92 Å². The highest BCUT2D eigenvalue weighted by Gasteiger charge is 2.29. The van der Waals surface area contributed by atoms with E-state index in [2.05, 4.69) is 0 Å². The van der Waals surface area contributed by atoms with Crippen LogP contribution < -0.4 is 0 Å². The zero-order valence-electron chi connectivity index (χ0n) is 10.4. The molecule has 94 valence electrons. The van der Waals surface area contributed by atoms with Gasteiger partial charge in [0.1, 0.15) is 5.25 Å². The fourth-order valence-corrected chi connectivity index (χ4v) is 3.29. The Labute approximate surface area is 103 Å². The van der Waals surface area contributed by atoms with E-state index in [4.69, 9.17) is 0 Å². The first-order chi connectivity index (χ1) is 7.84. The lowest BCUT2D eigenvalue weighted by atomic mass is 10.1. The minimum absolute atomic E-state index is 0.0334. The molecule has 0 aromatic heterocycles. The topological polar surface area (TPSA) is 51.2 Å². The lowest BCUT2D eigenvalue weighted by molar-refractivity contribution is 0.0991. The second-order valence-electron chi connectivity index (χ2n) is 4.60. The Bertz CT molecular complexity index is 475. The third-order valence-electron chi connectivity index (χ3n) is 2.53. The van der Waals surface area contributed by atoms with Crippen molar-refractivity contribution in [3.63, 3.8) is 0 Å². The molecule has 4 heteroatoms. The van der Waals surface area contributed by atoms with Gasteiger partial charge in [0, 0.05) is 5.56 Å². The Balaban J connectivity index is 2.91. The van der Waals surface area contributed by atoms with Crippen LogP contribution in [0.25, 0.3) is 0 Å². The SMILES string of the molecule is CC(C)CS(=O)(=O)C(C)C(=O)c1ccccc1. The molecule has 0 N–H and O–H groups in total. The van der Waals surface area contributed by atoms with Gasteiger partial charge in [0.15, 0.2) is 15.6 Å². The van der Waals surface area contributed by atoms with E-state index in [-0.39, 0.29) is 17.5 Å². The van der Waals surface area contributed by atoms with Crippen LogP contribution in [0.5, 0.6) is 0 Å². The van der Waals surface area contributed by atoms with Crippen molar-refractivity contribution in [2.45, 2.75) is 26.0 Å². The van der Waals surface area contributed by atoms with Crippen molar-refractivity contribution < 1.29 is 13.2 Å². The molecule has 3 nitrogen and oxygen atoms in total. The van der Waals surface area contributed by atoms with Crippen LogP contribution in [-0.2, 0) is 9.84 Å². The molecule has 0 heterocycles. The van der Waals surface area contributed by atoms with Gasteiger partial charge in [-0.1, -0.05) is 44.2 Å². The second-order valence-corrected chi connectivity index (χ2v) is 6.96. The molecule has 1 aromatic carbocycles. The summed E-state index contributed by atoms with van der Waals surface area (Å²) in [5, 5.41) is -0.965. The van der Waals surface area contributed by atoms with Crippen molar-refractivity contribution >= 4 is 15.6 Å². The summed E-state index contributed by atoms with van der Waals surface area (Å²) >= 11 is 0. The highest BCUT2D eigenvalue weighted by molar-refractivity contribution is 7.92. The van der Waals surface area contributed by atoms with Crippen LogP contribution in [0.15, 0.2) is 30.3 Å². The maximum absolute atomic E-state index is 12.0. The minimum atomic E-state index is -3.36. The lowest BCUT2D eigenvalue weighted by Crippen LogP contribution is -2.31. The number of rotatable bonds is 5. The fraction of sp³-hybridized carbons (Fsp3) is 0.462. The van der Waals surface area contributed by atoms with Crippen LogP contribution in [0.3, 0.4) is 0 Å². The van der Waals surface area contributed by atoms with Gasteiger partial charge in [-0.05, 0) is 12.8 Å². The summed E-state index contributed by atoms with van der Waals surface area (Å²) in [6, 6.07) is 8.54. The summed E-state index contributed by atoms with van der Waals surface area (Å²) in [5.41, 5.74) is 0.451. The fourth-order valence-electron chi connectivity index (χ4n) is 1.61. The van der Waals surface area contributed by atoms with Crippen LogP contribution in [0.2, 0.25) is 0 Å². The molecule has 0 fully saturated rings. The average Bonchev–Trinajstić information content (AvgIpc) is 2.26. The molecule has 0 aliphatic carbocycles. The second kappa shape index (κ2) is 5.45. The van der Waals surface area contributed by atoms with Crippen molar-refractivity contribution in [3.05, 3.63) is 35.9 Å². The third kappa shape index (κ3) is 3.66. The Morgan fingerprint density at radius 3 is 2.12 bits per heavy atom. The first kappa shape index (κ1) is 13.9. The van der Waals surface area contributed by atoms with Gasteiger partial charge >= 0.3 is 0 Å². The van der Waals surface area contributed by atoms with Crippen molar-refractivity contribution in [3.8, 4) is 0 Å². The molecule has 0 saturated carbocycles. The van der Waals surface area contributed by atoms with E-state index in [1.54, 1.807) is 30.3 Å². The van der Waals surface area contributed by atoms with E-state index in [1.165, 1.54) is 6.92 Å². The Kier molecular flexibility index (Phi) is 4.46. The molecule has 1 atom stereocenters. The minimum Gasteiger partial charge on any atom is -0.293 e. The van der Waals surface area contributed by atoms with Crippen molar-refractivity contribution in [1.29, 1.82) is 0 Å². The summed E-state index contributed by atoms with van der Waals surface area (Å²) in [4.78, 5) is 12.0. The number of Topliss-reactive ketones (excluding diaryl/α,β-unsaturated/α-hetero) is 1. The average molecular weight is 254 g/mol. The van der Waals surface area contributed by atoms with Gasteiger partial charge in [-0.3, -0.25) is 4.79 Å². The monoisotopic (exact) mass is 254 g/mol. The first-order valence-electron chi connectivity index (χ1n) is 5.65. The summed E-state index contributed by atoms with van der Waals surface area (Å²) in [6.45, 7) is 5.13. The lowest BCUT2D eigenvalue weighted by Gasteiger charge is -2.13. The summed E-state index contributed by atoms with van der Waals surface area (Å²) in [5.74, 6) is -0.246. The quantitative estimate of drug-likeness (QED) is 0.758. The van der Waals surface area contributed by atoms with Gasteiger partial charge in [0.2, 0.25) is 0 Å². The number of hydrogen-bond acceptors (Lipinski definition) is 3. The van der Waals surface area contributed by atoms with Gasteiger partial charge in [0.25, 0.3) is 0 Å². The van der Waals surface area contributed by atoms with Crippen molar-refractivity contribution in [1.82, 2.24) is 0 Å². The van der Waals surface area contributed by atoms with E-state index in [1.807, 2.05) is 13.8 Å². The number of carbonyl (C=O) groups is 1. The summed E-state index contributed by atoms with van der Waals surface area (Å²) in [7, 11) is -3.36. The van der Waals surface area contributed by atoms with Gasteiger partial charge in [-0.2, -0.15) is 0 Å². The molecule has 0 spiro atoms. The molecule has 1 aromatic rings. The van der Waals surface area contributed by atoms with E-state index >= 15 is 0 Å². The van der Waals surface area contributed by atoms with Crippen molar-refractivity contribution in [2.24, 2.45) is 5.92 Å². The van der Waals surface area contributed by atoms with E-state index in [0.717, 1.165) is 0 Å². The zero-order chi connectivity index (χ0) is 13.1. The first-order valence-corrected chi connectivity index (χ1v) is 7.37. The third-order valence-corrected chi connectivity index (χ3v) is 4.95. The molecule has 0 amide bonds. The van der Waals surface area contributed by atoms with Crippen LogP contribution >= 0.6 is 0 Å². The predicted molar refractivity (Wildman–Crippen MR) is 68.9 cm³/mol. The highest BCUT2D eigenvalue weighted by Crippen LogP contribution is 2.13. The molecule has 0 radical (unpaired) electrons. The van der Waals surface area contributed by atoms with Gasteiger partial charge in [0.05, 0.1) is 5.75 Å². The molecule has 0 bridgehead atoms. The van der Waals surface area contributed by atoms with E-state index in [0.29, 0.717) is 5.56 Å². The Morgan fingerprint density at radius 1 is 1.12 bits per heavy atom. The molecule has 1 rings (SSSR count). The van der Waals surface area contributed by atoms with E-state index < -0.39 is 15.1 Å². The van der Waals surface area contributed by atoms with Crippen LogP contribution in [0.4, 0.5) is 0 Å². The molecular weight excluding hydrogens is 236 g/mol. The largest absolute Gasteiger partial charge is 0.293 e. The predicted octanol–water partition coefficient (Wildman–Crippen LogP) is 2.33. The summed E-state index contributed by atoms with van der Waals surface area (Å²) in [6.07, 6.45) is 0. The number of sulfone groups is 1. The Hall–Kier alpha value is -1.16. The van der Waals surface area contributed by atoms with Gasteiger partial charge in [-0.15, -0.1) is 0 Å². The summed E-state index contributed by atoms with van der Waals surface area (Å²) < 4.78 is 23.9. The number of ketones is 1. The van der Waals surface area contributed by atoms with Crippen molar-refractivity contribution in [2.75, 3.05) is 5.75 Å². The highest BCUT2D eigenvalue weighted by atomic mass is 32.2. The van der Waals surface area contributed by atoms with Crippen LogP contribution in [-0.4, -0.2) is 25.2 Å². The molecular formula is C13H18O3S.